The quantitative estimate of drug-likeness (QED) is 0.915. The molecule has 4 nitrogen and oxygen atoms in total. The molecule has 1 amide bonds. The van der Waals surface area contributed by atoms with E-state index in [1.165, 1.54) is 6.07 Å². The second-order valence-corrected chi connectivity index (χ2v) is 7.08. The standard InChI is InChI=1S/C17H20FN3OS/c1-11-16(12(2)20-19-11)17(22)21-8-7-15(23-10-9-21)13-5-3-4-6-14(13)18/h3-6,15H,7-10H2,1-2H3,(H,19,20)/t15-/m1/s1. The van der Waals surface area contributed by atoms with E-state index < -0.39 is 0 Å². The molecule has 1 atom stereocenters. The van der Waals surface area contributed by atoms with E-state index in [9.17, 15) is 9.18 Å². The maximum atomic E-state index is 14.0. The Bertz CT molecular complexity index is 696. The number of carbonyl (C=O) groups is 1. The zero-order valence-corrected chi connectivity index (χ0v) is 14.1. The van der Waals surface area contributed by atoms with Gasteiger partial charge in [-0.3, -0.25) is 9.89 Å². The van der Waals surface area contributed by atoms with E-state index in [4.69, 9.17) is 0 Å². The average molecular weight is 333 g/mol. The van der Waals surface area contributed by atoms with E-state index in [0.717, 1.165) is 29.1 Å². The van der Waals surface area contributed by atoms with Crippen LogP contribution in [0.25, 0.3) is 0 Å². The van der Waals surface area contributed by atoms with Gasteiger partial charge in [-0.1, -0.05) is 18.2 Å². The van der Waals surface area contributed by atoms with Crippen LogP contribution in [0, 0.1) is 19.7 Å². The second-order valence-electron chi connectivity index (χ2n) is 5.77. The van der Waals surface area contributed by atoms with Crippen molar-refractivity contribution < 1.29 is 9.18 Å². The van der Waals surface area contributed by atoms with E-state index in [0.29, 0.717) is 18.7 Å². The third kappa shape index (κ3) is 3.27. The lowest BCUT2D eigenvalue weighted by molar-refractivity contribution is 0.0765. The highest BCUT2D eigenvalue weighted by Crippen LogP contribution is 2.36. The number of nitrogens with zero attached hydrogens (tertiary/aromatic N) is 2. The van der Waals surface area contributed by atoms with Crippen LogP contribution < -0.4 is 0 Å². The summed E-state index contributed by atoms with van der Waals surface area (Å²) < 4.78 is 14.0. The lowest BCUT2D eigenvalue weighted by Crippen LogP contribution is -2.33. The van der Waals surface area contributed by atoms with E-state index >= 15 is 0 Å². The zero-order valence-electron chi connectivity index (χ0n) is 13.3. The Morgan fingerprint density at radius 2 is 2.13 bits per heavy atom. The topological polar surface area (TPSA) is 49.0 Å². The summed E-state index contributed by atoms with van der Waals surface area (Å²) in [6.07, 6.45) is 0.757. The highest BCUT2D eigenvalue weighted by atomic mass is 32.2. The minimum absolute atomic E-state index is 0.0172. The average Bonchev–Trinajstić information content (AvgIpc) is 2.75. The highest BCUT2D eigenvalue weighted by molar-refractivity contribution is 7.99. The molecular formula is C17H20FN3OS. The Kier molecular flexibility index (Phi) is 4.71. The van der Waals surface area contributed by atoms with Crippen molar-refractivity contribution in [1.82, 2.24) is 15.1 Å². The van der Waals surface area contributed by atoms with Crippen molar-refractivity contribution in [2.75, 3.05) is 18.8 Å². The molecule has 0 saturated carbocycles. The largest absolute Gasteiger partial charge is 0.338 e. The Morgan fingerprint density at radius 1 is 1.35 bits per heavy atom. The molecule has 0 unspecified atom stereocenters. The SMILES string of the molecule is Cc1n[nH]c(C)c1C(=O)N1CCS[C@@H](c2ccccc2F)CC1. The number of aryl methyl sites for hydroxylation is 2. The van der Waals surface area contributed by atoms with Gasteiger partial charge in [0.15, 0.2) is 0 Å². The smallest absolute Gasteiger partial charge is 0.257 e. The van der Waals surface area contributed by atoms with E-state index in [-0.39, 0.29) is 17.0 Å². The number of rotatable bonds is 2. The van der Waals surface area contributed by atoms with Crippen LogP contribution in [-0.2, 0) is 0 Å². The number of hydrogen-bond acceptors (Lipinski definition) is 3. The van der Waals surface area contributed by atoms with Crippen LogP contribution in [0.15, 0.2) is 24.3 Å². The molecule has 1 saturated heterocycles. The second kappa shape index (κ2) is 6.74. The number of benzene rings is 1. The van der Waals surface area contributed by atoms with Gasteiger partial charge in [0, 0.05) is 35.3 Å². The number of H-pyrrole nitrogens is 1. The van der Waals surface area contributed by atoms with Crippen LogP contribution in [-0.4, -0.2) is 39.8 Å². The molecular weight excluding hydrogens is 313 g/mol. The maximum Gasteiger partial charge on any atom is 0.257 e. The molecule has 2 heterocycles. The molecule has 0 aliphatic carbocycles. The van der Waals surface area contributed by atoms with E-state index in [1.807, 2.05) is 30.9 Å². The normalized spacial score (nSPS) is 18.7. The zero-order chi connectivity index (χ0) is 16.4. The summed E-state index contributed by atoms with van der Waals surface area (Å²) in [6, 6.07) is 6.92. The van der Waals surface area contributed by atoms with Gasteiger partial charge in [-0.15, -0.1) is 0 Å². The minimum atomic E-state index is -0.161. The molecule has 1 aromatic carbocycles. The van der Waals surface area contributed by atoms with Gasteiger partial charge in [-0.25, -0.2) is 4.39 Å². The molecule has 6 heteroatoms. The predicted molar refractivity (Wildman–Crippen MR) is 90.2 cm³/mol. The van der Waals surface area contributed by atoms with Crippen molar-refractivity contribution >= 4 is 17.7 Å². The molecule has 2 aromatic rings. The first-order chi connectivity index (χ1) is 11.1. The summed E-state index contributed by atoms with van der Waals surface area (Å²) in [7, 11) is 0. The molecule has 3 rings (SSSR count). The van der Waals surface area contributed by atoms with E-state index in [2.05, 4.69) is 10.2 Å². The molecule has 1 fully saturated rings. The summed E-state index contributed by atoms with van der Waals surface area (Å²) in [5, 5.41) is 7.06. The molecule has 0 spiro atoms. The Labute approximate surface area is 139 Å². The maximum absolute atomic E-state index is 14.0. The third-order valence-corrected chi connectivity index (χ3v) is 5.53. The van der Waals surface area contributed by atoms with Gasteiger partial charge < -0.3 is 4.90 Å². The molecule has 0 bridgehead atoms. The first kappa shape index (κ1) is 16.1. The van der Waals surface area contributed by atoms with Gasteiger partial charge in [0.2, 0.25) is 0 Å². The van der Waals surface area contributed by atoms with Crippen LogP contribution in [0.3, 0.4) is 0 Å². The fraction of sp³-hybridized carbons (Fsp3) is 0.412. The summed E-state index contributed by atoms with van der Waals surface area (Å²) in [4.78, 5) is 14.6. The van der Waals surface area contributed by atoms with Crippen molar-refractivity contribution in [3.63, 3.8) is 0 Å². The number of halogens is 1. The van der Waals surface area contributed by atoms with Gasteiger partial charge >= 0.3 is 0 Å². The monoisotopic (exact) mass is 333 g/mol. The lowest BCUT2D eigenvalue weighted by Gasteiger charge is -2.20. The molecule has 23 heavy (non-hydrogen) atoms. The number of thioether (sulfide) groups is 1. The van der Waals surface area contributed by atoms with Crippen LogP contribution in [0.2, 0.25) is 0 Å². The number of hydrogen-bond donors (Lipinski definition) is 1. The van der Waals surface area contributed by atoms with Gasteiger partial charge in [-0.05, 0) is 26.3 Å². The summed E-state index contributed by atoms with van der Waals surface area (Å²) in [6.45, 7) is 5.01. The molecule has 0 radical (unpaired) electrons. The van der Waals surface area contributed by atoms with Gasteiger partial charge in [0.1, 0.15) is 5.82 Å². The Hall–Kier alpha value is -1.82. The number of amides is 1. The fourth-order valence-electron chi connectivity index (χ4n) is 2.98. The van der Waals surface area contributed by atoms with Crippen molar-refractivity contribution in [2.45, 2.75) is 25.5 Å². The third-order valence-electron chi connectivity index (χ3n) is 4.22. The van der Waals surface area contributed by atoms with Crippen LogP contribution in [0.1, 0.15) is 39.0 Å². The predicted octanol–water partition coefficient (Wildman–Crippen LogP) is 3.49. The first-order valence-electron chi connectivity index (χ1n) is 7.75. The fourth-order valence-corrected chi connectivity index (χ4v) is 4.24. The number of carbonyl (C=O) groups excluding carboxylic acids is 1. The van der Waals surface area contributed by atoms with Crippen LogP contribution in [0.5, 0.6) is 0 Å². The molecule has 1 aliphatic rings. The molecule has 1 N–H and O–H groups in total. The molecule has 1 aliphatic heterocycles. The first-order valence-corrected chi connectivity index (χ1v) is 8.79. The van der Waals surface area contributed by atoms with Gasteiger partial charge in [0.25, 0.3) is 5.91 Å². The van der Waals surface area contributed by atoms with E-state index in [1.54, 1.807) is 17.8 Å². The van der Waals surface area contributed by atoms with Crippen molar-refractivity contribution in [3.05, 3.63) is 52.6 Å². The van der Waals surface area contributed by atoms with Gasteiger partial charge in [-0.2, -0.15) is 16.9 Å². The van der Waals surface area contributed by atoms with Crippen molar-refractivity contribution in [1.29, 1.82) is 0 Å². The summed E-state index contributed by atoms with van der Waals surface area (Å²) in [5.41, 5.74) is 2.94. The Balaban J connectivity index is 1.74. The molecule has 122 valence electrons. The Morgan fingerprint density at radius 3 is 2.83 bits per heavy atom. The lowest BCUT2D eigenvalue weighted by atomic mass is 10.1. The number of aromatic amines is 1. The summed E-state index contributed by atoms with van der Waals surface area (Å²) >= 11 is 1.72. The highest BCUT2D eigenvalue weighted by Gasteiger charge is 2.26. The van der Waals surface area contributed by atoms with Crippen molar-refractivity contribution in [3.8, 4) is 0 Å². The minimum Gasteiger partial charge on any atom is -0.338 e. The van der Waals surface area contributed by atoms with Crippen molar-refractivity contribution in [2.24, 2.45) is 0 Å². The number of nitrogens with one attached hydrogen (secondary N) is 1. The van der Waals surface area contributed by atoms with Crippen LogP contribution >= 0.6 is 11.8 Å². The van der Waals surface area contributed by atoms with Crippen LogP contribution in [0.4, 0.5) is 4.39 Å². The molecule has 1 aromatic heterocycles. The van der Waals surface area contributed by atoms with Gasteiger partial charge in [0.05, 0.1) is 11.3 Å². The summed E-state index contributed by atoms with van der Waals surface area (Å²) in [5.74, 6) is 0.663. The number of aromatic nitrogens is 2.